The fourth-order valence-electron chi connectivity index (χ4n) is 2.18. The molecule has 2 heterocycles. The molecule has 0 unspecified atom stereocenters. The Morgan fingerprint density at radius 3 is 2.43 bits per heavy atom. The van der Waals surface area contributed by atoms with Crippen molar-refractivity contribution in [2.24, 2.45) is 5.10 Å². The van der Waals surface area contributed by atoms with E-state index >= 15 is 0 Å². The zero-order valence-electron chi connectivity index (χ0n) is 12.8. The Balaban J connectivity index is 2.02. The second-order valence-electron chi connectivity index (χ2n) is 5.03. The molecule has 0 aliphatic heterocycles. The van der Waals surface area contributed by atoms with E-state index in [9.17, 15) is 0 Å². The van der Waals surface area contributed by atoms with E-state index in [1.807, 2.05) is 32.9 Å². The highest BCUT2D eigenvalue weighted by Gasteiger charge is 2.14. The SMILES string of the molecule is Cc1nn(-c2cccc(Cl)c2)c(Cl)c1/C=N\n1c(C)nnc1C. The monoisotopic (exact) mass is 348 g/mol. The molecule has 0 saturated heterocycles. The van der Waals surface area contributed by atoms with Gasteiger partial charge >= 0.3 is 0 Å². The van der Waals surface area contributed by atoms with Crippen molar-refractivity contribution < 1.29 is 0 Å². The van der Waals surface area contributed by atoms with Crippen LogP contribution in [0.5, 0.6) is 0 Å². The first-order valence-corrected chi connectivity index (χ1v) is 7.67. The van der Waals surface area contributed by atoms with Crippen molar-refractivity contribution in [2.75, 3.05) is 0 Å². The molecule has 23 heavy (non-hydrogen) atoms. The lowest BCUT2D eigenvalue weighted by molar-refractivity contribution is 0.799. The fourth-order valence-corrected chi connectivity index (χ4v) is 2.69. The average Bonchev–Trinajstić information content (AvgIpc) is 2.98. The van der Waals surface area contributed by atoms with E-state index in [2.05, 4.69) is 20.4 Å². The number of halogens is 2. The standard InChI is InChI=1S/C15H14Cl2N6/c1-9-14(8-18-22-10(2)19-20-11(22)3)15(17)23(21-9)13-6-4-5-12(16)7-13/h4-8H,1-3H3/b18-8-. The second-order valence-corrected chi connectivity index (χ2v) is 5.83. The van der Waals surface area contributed by atoms with Gasteiger partial charge in [0.25, 0.3) is 0 Å². The smallest absolute Gasteiger partial charge is 0.151 e. The maximum absolute atomic E-state index is 6.46. The normalized spacial score (nSPS) is 11.5. The molecule has 8 heteroatoms. The van der Waals surface area contributed by atoms with E-state index in [-0.39, 0.29) is 0 Å². The lowest BCUT2D eigenvalue weighted by atomic mass is 10.3. The molecule has 6 nitrogen and oxygen atoms in total. The number of aryl methyl sites for hydroxylation is 3. The number of rotatable bonds is 3. The van der Waals surface area contributed by atoms with E-state index in [0.717, 1.165) is 16.9 Å². The molecule has 3 rings (SSSR count). The van der Waals surface area contributed by atoms with Crippen LogP contribution in [-0.2, 0) is 0 Å². The summed E-state index contributed by atoms with van der Waals surface area (Å²) < 4.78 is 3.28. The summed E-state index contributed by atoms with van der Waals surface area (Å²) in [5.41, 5.74) is 2.29. The van der Waals surface area contributed by atoms with Gasteiger partial charge in [-0.15, -0.1) is 10.2 Å². The van der Waals surface area contributed by atoms with Gasteiger partial charge in [0, 0.05) is 5.02 Å². The van der Waals surface area contributed by atoms with Crippen molar-refractivity contribution in [1.29, 1.82) is 0 Å². The van der Waals surface area contributed by atoms with Gasteiger partial charge in [0.05, 0.1) is 23.2 Å². The Morgan fingerprint density at radius 1 is 1.09 bits per heavy atom. The first-order valence-electron chi connectivity index (χ1n) is 6.91. The van der Waals surface area contributed by atoms with Gasteiger partial charge in [-0.05, 0) is 39.0 Å². The molecule has 1 aromatic carbocycles. The topological polar surface area (TPSA) is 60.9 Å². The molecule has 3 aromatic rings. The Hall–Kier alpha value is -2.18. The highest BCUT2D eigenvalue weighted by Crippen LogP contribution is 2.23. The minimum atomic E-state index is 0.469. The summed E-state index contributed by atoms with van der Waals surface area (Å²) in [6, 6.07) is 7.34. The van der Waals surface area contributed by atoms with Crippen LogP contribution in [0, 0.1) is 20.8 Å². The van der Waals surface area contributed by atoms with Crippen LogP contribution in [0.3, 0.4) is 0 Å². The number of benzene rings is 1. The minimum Gasteiger partial charge on any atom is -0.221 e. The van der Waals surface area contributed by atoms with Crippen molar-refractivity contribution in [3.05, 3.63) is 57.3 Å². The van der Waals surface area contributed by atoms with Gasteiger partial charge in [-0.25, -0.2) is 9.36 Å². The third-order valence-electron chi connectivity index (χ3n) is 3.36. The second kappa shape index (κ2) is 6.14. The fraction of sp³-hybridized carbons (Fsp3) is 0.200. The van der Waals surface area contributed by atoms with Crippen LogP contribution >= 0.6 is 23.2 Å². The van der Waals surface area contributed by atoms with Gasteiger partial charge in [0.1, 0.15) is 5.15 Å². The van der Waals surface area contributed by atoms with Crippen LogP contribution in [0.25, 0.3) is 5.69 Å². The highest BCUT2D eigenvalue weighted by atomic mass is 35.5. The molecule has 0 bridgehead atoms. The summed E-state index contributed by atoms with van der Waals surface area (Å²) >= 11 is 12.5. The van der Waals surface area contributed by atoms with Crippen molar-refractivity contribution in [1.82, 2.24) is 24.7 Å². The molecular formula is C15H14Cl2N6. The van der Waals surface area contributed by atoms with E-state index in [1.54, 1.807) is 27.7 Å². The van der Waals surface area contributed by atoms with Crippen LogP contribution < -0.4 is 0 Å². The van der Waals surface area contributed by atoms with Gasteiger partial charge < -0.3 is 0 Å². The molecule has 0 spiro atoms. The Labute approximate surface area is 143 Å². The lowest BCUT2D eigenvalue weighted by Gasteiger charge is -2.03. The highest BCUT2D eigenvalue weighted by molar-refractivity contribution is 6.32. The van der Waals surface area contributed by atoms with Crippen LogP contribution in [0.1, 0.15) is 22.9 Å². The molecule has 118 valence electrons. The molecule has 2 aromatic heterocycles. The molecule has 0 amide bonds. The summed E-state index contributed by atoms with van der Waals surface area (Å²) in [5.74, 6) is 1.41. The summed E-state index contributed by atoms with van der Waals surface area (Å²) in [4.78, 5) is 0. The molecule has 0 aliphatic carbocycles. The quantitative estimate of drug-likeness (QED) is 0.679. The molecule has 0 fully saturated rings. The van der Waals surface area contributed by atoms with Crippen molar-refractivity contribution in [2.45, 2.75) is 20.8 Å². The van der Waals surface area contributed by atoms with Gasteiger partial charge in [0.2, 0.25) is 0 Å². The van der Waals surface area contributed by atoms with Crippen LogP contribution in [-0.4, -0.2) is 30.9 Å². The third-order valence-corrected chi connectivity index (χ3v) is 3.95. The van der Waals surface area contributed by atoms with E-state index < -0.39 is 0 Å². The van der Waals surface area contributed by atoms with Gasteiger partial charge in [0.15, 0.2) is 11.6 Å². The van der Waals surface area contributed by atoms with E-state index in [4.69, 9.17) is 23.2 Å². The number of hydrogen-bond donors (Lipinski definition) is 0. The number of nitrogens with zero attached hydrogens (tertiary/aromatic N) is 6. The molecule has 0 radical (unpaired) electrons. The van der Waals surface area contributed by atoms with Crippen molar-refractivity contribution >= 4 is 29.4 Å². The van der Waals surface area contributed by atoms with Crippen molar-refractivity contribution in [3.8, 4) is 5.69 Å². The summed E-state index contributed by atoms with van der Waals surface area (Å²) in [6.07, 6.45) is 1.66. The summed E-state index contributed by atoms with van der Waals surface area (Å²) in [5, 5.41) is 17.9. The first kappa shape index (κ1) is 15.7. The van der Waals surface area contributed by atoms with Crippen LogP contribution in [0.15, 0.2) is 29.4 Å². The molecule has 0 N–H and O–H groups in total. The maximum atomic E-state index is 6.46. The molecule has 0 aliphatic rings. The van der Waals surface area contributed by atoms with E-state index in [1.165, 1.54) is 0 Å². The predicted molar refractivity (Wildman–Crippen MR) is 90.8 cm³/mol. The Kier molecular flexibility index (Phi) is 4.19. The minimum absolute atomic E-state index is 0.469. The van der Waals surface area contributed by atoms with Crippen molar-refractivity contribution in [3.63, 3.8) is 0 Å². The predicted octanol–water partition coefficient (Wildman–Crippen LogP) is 3.58. The molecule has 0 atom stereocenters. The molecular weight excluding hydrogens is 335 g/mol. The van der Waals surface area contributed by atoms with Crippen LogP contribution in [0.4, 0.5) is 0 Å². The largest absolute Gasteiger partial charge is 0.221 e. The Bertz CT molecular complexity index is 874. The number of hydrogen-bond acceptors (Lipinski definition) is 4. The van der Waals surface area contributed by atoms with Gasteiger partial charge in [-0.2, -0.15) is 10.2 Å². The van der Waals surface area contributed by atoms with Crippen LogP contribution in [0.2, 0.25) is 10.2 Å². The molecule has 0 saturated carbocycles. The Morgan fingerprint density at radius 2 is 1.78 bits per heavy atom. The average molecular weight is 349 g/mol. The summed E-state index contributed by atoms with van der Waals surface area (Å²) in [7, 11) is 0. The summed E-state index contributed by atoms with van der Waals surface area (Å²) in [6.45, 7) is 5.54. The zero-order valence-corrected chi connectivity index (χ0v) is 14.3. The van der Waals surface area contributed by atoms with Gasteiger partial charge in [-0.3, -0.25) is 0 Å². The van der Waals surface area contributed by atoms with Gasteiger partial charge in [-0.1, -0.05) is 29.3 Å². The first-order chi connectivity index (χ1) is 11.0. The van der Waals surface area contributed by atoms with E-state index in [0.29, 0.717) is 21.8 Å². The maximum Gasteiger partial charge on any atom is 0.151 e. The zero-order chi connectivity index (χ0) is 16.6. The lowest BCUT2D eigenvalue weighted by Crippen LogP contribution is -1.97. The number of aromatic nitrogens is 5. The third kappa shape index (κ3) is 3.00.